The Morgan fingerprint density at radius 2 is 1.69 bits per heavy atom. The summed E-state index contributed by atoms with van der Waals surface area (Å²) in [7, 11) is 1.77. The van der Waals surface area contributed by atoms with Gasteiger partial charge in [0.2, 0.25) is 0 Å². The number of hydrogen-bond donors (Lipinski definition) is 0. The molecule has 5 rings (SSSR count). The van der Waals surface area contributed by atoms with Gasteiger partial charge in [0.1, 0.15) is 5.75 Å². The Balaban J connectivity index is 1.97. The second-order valence-corrected chi connectivity index (χ2v) is 4.94. The van der Waals surface area contributed by atoms with Gasteiger partial charge in [0.15, 0.2) is 0 Å². The average Bonchev–Trinajstić information content (AvgIpc) is 2.28. The highest BCUT2D eigenvalue weighted by Crippen LogP contribution is 2.58. The first kappa shape index (κ1) is 8.63. The van der Waals surface area contributed by atoms with E-state index in [9.17, 15) is 0 Å². The number of rotatable bonds is 1. The molecule has 1 aromatic rings. The Bertz CT molecular complexity index is 512. The molecular formula is C15H14O. The molecule has 4 atom stereocenters. The Kier molecular flexibility index (Phi) is 1.50. The van der Waals surface area contributed by atoms with Crippen molar-refractivity contribution in [2.75, 3.05) is 7.11 Å². The van der Waals surface area contributed by atoms with Crippen LogP contribution in [0.4, 0.5) is 0 Å². The molecule has 80 valence electrons. The molecule has 0 fully saturated rings. The van der Waals surface area contributed by atoms with Crippen molar-refractivity contribution in [1.82, 2.24) is 0 Å². The Labute approximate surface area is 95.4 Å². The highest BCUT2D eigenvalue weighted by molar-refractivity contribution is 5.56. The van der Waals surface area contributed by atoms with Crippen LogP contribution in [0.5, 0.6) is 5.75 Å². The average molecular weight is 210 g/mol. The molecule has 0 heterocycles. The minimum atomic E-state index is 0.547. The van der Waals surface area contributed by atoms with Crippen molar-refractivity contribution in [3.05, 3.63) is 53.6 Å². The van der Waals surface area contributed by atoms with Crippen LogP contribution in [0, 0.1) is 11.8 Å². The zero-order valence-corrected chi connectivity index (χ0v) is 9.26. The van der Waals surface area contributed by atoms with Crippen LogP contribution in [0.15, 0.2) is 42.5 Å². The molecule has 1 heteroatoms. The first-order valence-electron chi connectivity index (χ1n) is 5.93. The predicted octanol–water partition coefficient (Wildman–Crippen LogP) is 3.25. The van der Waals surface area contributed by atoms with Crippen LogP contribution in [0.3, 0.4) is 0 Å². The monoisotopic (exact) mass is 210 g/mol. The third-order valence-corrected chi connectivity index (χ3v) is 4.37. The van der Waals surface area contributed by atoms with E-state index in [-0.39, 0.29) is 0 Å². The maximum Gasteiger partial charge on any atom is 0.122 e. The van der Waals surface area contributed by atoms with Gasteiger partial charge >= 0.3 is 0 Å². The molecule has 16 heavy (non-hydrogen) atoms. The third-order valence-electron chi connectivity index (χ3n) is 4.37. The topological polar surface area (TPSA) is 9.23 Å². The van der Waals surface area contributed by atoms with E-state index >= 15 is 0 Å². The van der Waals surface area contributed by atoms with Gasteiger partial charge < -0.3 is 4.74 Å². The van der Waals surface area contributed by atoms with Gasteiger partial charge in [-0.05, 0) is 23.5 Å². The van der Waals surface area contributed by atoms with Crippen molar-refractivity contribution < 1.29 is 4.74 Å². The van der Waals surface area contributed by atoms with E-state index in [2.05, 4.69) is 42.5 Å². The smallest absolute Gasteiger partial charge is 0.122 e. The van der Waals surface area contributed by atoms with Gasteiger partial charge in [-0.15, -0.1) is 0 Å². The van der Waals surface area contributed by atoms with Crippen LogP contribution in [0.2, 0.25) is 0 Å². The fraction of sp³-hybridized carbons (Fsp3) is 0.333. The van der Waals surface area contributed by atoms with Crippen molar-refractivity contribution in [1.29, 1.82) is 0 Å². The quantitative estimate of drug-likeness (QED) is 0.646. The molecular weight excluding hydrogens is 196 g/mol. The molecule has 2 bridgehead atoms. The minimum absolute atomic E-state index is 0.547. The van der Waals surface area contributed by atoms with Crippen LogP contribution in [0.25, 0.3) is 0 Å². The third kappa shape index (κ3) is 0.835. The largest absolute Gasteiger partial charge is 0.496 e. The molecule has 0 aliphatic heterocycles. The zero-order valence-electron chi connectivity index (χ0n) is 9.26. The summed E-state index contributed by atoms with van der Waals surface area (Å²) >= 11 is 0. The number of hydrogen-bond acceptors (Lipinski definition) is 1. The Morgan fingerprint density at radius 3 is 2.44 bits per heavy atom. The molecule has 0 N–H and O–H groups in total. The lowest BCUT2D eigenvalue weighted by atomic mass is 9.55. The van der Waals surface area contributed by atoms with Crippen LogP contribution in [0.1, 0.15) is 23.0 Å². The molecule has 0 spiro atoms. The van der Waals surface area contributed by atoms with Crippen molar-refractivity contribution in [3.8, 4) is 5.75 Å². The molecule has 0 unspecified atom stereocenters. The van der Waals surface area contributed by atoms with Gasteiger partial charge in [0, 0.05) is 17.4 Å². The second kappa shape index (κ2) is 2.79. The first-order valence-corrected chi connectivity index (χ1v) is 5.93. The fourth-order valence-electron chi connectivity index (χ4n) is 3.57. The molecule has 1 aromatic carbocycles. The summed E-state index contributed by atoms with van der Waals surface area (Å²) in [5.74, 6) is 3.67. The normalized spacial score (nSPS) is 36.6. The number of benzene rings is 1. The van der Waals surface area contributed by atoms with E-state index in [0.29, 0.717) is 11.8 Å². The summed E-state index contributed by atoms with van der Waals surface area (Å²) in [6, 6.07) is 6.47. The van der Waals surface area contributed by atoms with Gasteiger partial charge in [-0.25, -0.2) is 0 Å². The van der Waals surface area contributed by atoms with E-state index in [1.807, 2.05) is 0 Å². The van der Waals surface area contributed by atoms with E-state index < -0.39 is 0 Å². The molecule has 0 saturated heterocycles. The van der Waals surface area contributed by atoms with Crippen LogP contribution in [-0.2, 0) is 0 Å². The lowest BCUT2D eigenvalue weighted by molar-refractivity contribution is 0.305. The Hall–Kier alpha value is -1.50. The second-order valence-electron chi connectivity index (χ2n) is 4.94. The molecule has 1 nitrogen and oxygen atoms in total. The molecule has 0 saturated carbocycles. The highest BCUT2D eigenvalue weighted by atomic mass is 16.5. The standard InChI is InChI=1S/C15H14O/c1-16-14-4-2-3-12-10-7-8-13(15(12)14)11-6-5-9(10)11/h2-11,13H,1H3/t9-,10-,11-,13-/m0/s1. The number of ether oxygens (including phenoxy) is 1. The van der Waals surface area contributed by atoms with Crippen molar-refractivity contribution in [2.24, 2.45) is 11.8 Å². The molecule has 0 amide bonds. The summed E-state index contributed by atoms with van der Waals surface area (Å²) in [5.41, 5.74) is 2.92. The van der Waals surface area contributed by atoms with Gasteiger partial charge in [-0.3, -0.25) is 0 Å². The highest BCUT2D eigenvalue weighted by Gasteiger charge is 2.46. The molecule has 4 aliphatic carbocycles. The summed E-state index contributed by atoms with van der Waals surface area (Å²) in [4.78, 5) is 0. The first-order chi connectivity index (χ1) is 7.90. The maximum absolute atomic E-state index is 5.51. The summed E-state index contributed by atoms with van der Waals surface area (Å²) < 4.78 is 5.51. The number of allylic oxidation sites excluding steroid dienone is 4. The fourth-order valence-corrected chi connectivity index (χ4v) is 3.57. The van der Waals surface area contributed by atoms with Gasteiger partial charge in [0.05, 0.1) is 7.11 Å². The maximum atomic E-state index is 5.51. The summed E-state index contributed by atoms with van der Waals surface area (Å²) in [6.45, 7) is 0. The lowest BCUT2D eigenvalue weighted by Gasteiger charge is -2.48. The predicted molar refractivity (Wildman–Crippen MR) is 63.7 cm³/mol. The van der Waals surface area contributed by atoms with Gasteiger partial charge in [-0.2, -0.15) is 0 Å². The van der Waals surface area contributed by atoms with Crippen molar-refractivity contribution in [2.45, 2.75) is 11.8 Å². The van der Waals surface area contributed by atoms with E-state index in [1.165, 1.54) is 11.1 Å². The van der Waals surface area contributed by atoms with Gasteiger partial charge in [-0.1, -0.05) is 36.4 Å². The van der Waals surface area contributed by atoms with Crippen LogP contribution < -0.4 is 4.74 Å². The zero-order chi connectivity index (χ0) is 10.7. The van der Waals surface area contributed by atoms with Crippen molar-refractivity contribution in [3.63, 3.8) is 0 Å². The van der Waals surface area contributed by atoms with E-state index in [4.69, 9.17) is 4.74 Å². The summed E-state index contributed by atoms with van der Waals surface area (Å²) in [5, 5.41) is 0. The minimum Gasteiger partial charge on any atom is -0.496 e. The summed E-state index contributed by atoms with van der Waals surface area (Å²) in [6.07, 6.45) is 9.49. The SMILES string of the molecule is COc1cccc2c1[C@H]1C=C[C@H]2[C@@H]2C=C[C@@H]21. The lowest BCUT2D eigenvalue weighted by Crippen LogP contribution is -2.37. The van der Waals surface area contributed by atoms with E-state index in [1.54, 1.807) is 7.11 Å². The number of methoxy groups -OCH3 is 1. The van der Waals surface area contributed by atoms with Gasteiger partial charge in [0.25, 0.3) is 0 Å². The molecule has 4 aliphatic rings. The van der Waals surface area contributed by atoms with Crippen LogP contribution >= 0.6 is 0 Å². The van der Waals surface area contributed by atoms with E-state index in [0.717, 1.165) is 17.6 Å². The molecule has 0 radical (unpaired) electrons. The molecule has 0 aromatic heterocycles. The Morgan fingerprint density at radius 1 is 0.938 bits per heavy atom. The van der Waals surface area contributed by atoms with Crippen molar-refractivity contribution >= 4 is 0 Å². The van der Waals surface area contributed by atoms with Crippen LogP contribution in [-0.4, -0.2) is 7.11 Å².